The van der Waals surface area contributed by atoms with Gasteiger partial charge in [-0.05, 0) is 31.9 Å². The molecule has 3 rings (SSSR count). The lowest BCUT2D eigenvalue weighted by molar-refractivity contribution is 0.0372. The third kappa shape index (κ3) is 3.47. The number of ether oxygens (including phenoxy) is 1. The van der Waals surface area contributed by atoms with Crippen molar-refractivity contribution in [3.05, 3.63) is 71.3 Å². The highest BCUT2D eigenvalue weighted by Crippen LogP contribution is 2.42. The zero-order valence-electron chi connectivity index (χ0n) is 15.1. The fourth-order valence-electron chi connectivity index (χ4n) is 3.24. The Balaban J connectivity index is 1.97. The van der Waals surface area contributed by atoms with E-state index in [0.717, 1.165) is 0 Å². The summed E-state index contributed by atoms with van der Waals surface area (Å²) in [6.07, 6.45) is -0.843. The van der Waals surface area contributed by atoms with Gasteiger partial charge in [-0.15, -0.1) is 0 Å². The lowest BCUT2D eigenvalue weighted by atomic mass is 9.86. The van der Waals surface area contributed by atoms with Crippen LogP contribution in [0.4, 0.5) is 9.18 Å². The van der Waals surface area contributed by atoms with Gasteiger partial charge in [-0.1, -0.05) is 54.6 Å². The Labute approximate surface area is 152 Å². The number of alkyl carbamates (subject to hydrolysis) is 1. The van der Waals surface area contributed by atoms with Crippen LogP contribution >= 0.6 is 0 Å². The second-order valence-electron chi connectivity index (χ2n) is 7.52. The molecule has 0 spiro atoms. The second-order valence-corrected chi connectivity index (χ2v) is 7.52. The van der Waals surface area contributed by atoms with E-state index in [0.29, 0.717) is 16.7 Å². The van der Waals surface area contributed by atoms with Crippen molar-refractivity contribution in [1.82, 2.24) is 5.32 Å². The Morgan fingerprint density at radius 1 is 1.12 bits per heavy atom. The lowest BCUT2D eigenvalue weighted by Crippen LogP contribution is -2.48. The Hall–Kier alpha value is -2.69. The number of hydrogen-bond donors (Lipinski definition) is 1. The van der Waals surface area contributed by atoms with Gasteiger partial charge in [0.15, 0.2) is 0 Å². The number of amides is 1. The molecule has 26 heavy (non-hydrogen) atoms. The minimum absolute atomic E-state index is 0.0859. The number of benzene rings is 2. The van der Waals surface area contributed by atoms with Crippen LogP contribution < -0.4 is 5.32 Å². The normalized spacial score (nSPS) is 20.4. The third-order valence-electron chi connectivity index (χ3n) is 4.34. The van der Waals surface area contributed by atoms with Crippen molar-refractivity contribution >= 4 is 11.9 Å². The van der Waals surface area contributed by atoms with E-state index < -0.39 is 29.2 Å². The number of hydrogen-bond acceptors (Lipinski definition) is 3. The van der Waals surface area contributed by atoms with Crippen molar-refractivity contribution in [1.29, 1.82) is 0 Å². The zero-order valence-corrected chi connectivity index (χ0v) is 15.1. The zero-order chi connectivity index (χ0) is 18.9. The van der Waals surface area contributed by atoms with Crippen molar-refractivity contribution < 1.29 is 18.7 Å². The molecule has 0 radical (unpaired) electrons. The molecule has 136 valence electrons. The van der Waals surface area contributed by atoms with Gasteiger partial charge in [0.2, 0.25) is 11.5 Å². The SMILES string of the molecule is CC(C)(C)OC(=O)NC(c1ccccc1)C1(F)Cc2ccccc2C1=O. The molecule has 1 aliphatic carbocycles. The number of nitrogens with one attached hydrogen (secondary N) is 1. The van der Waals surface area contributed by atoms with E-state index in [2.05, 4.69) is 5.32 Å². The van der Waals surface area contributed by atoms with Crippen LogP contribution in [0.1, 0.15) is 48.3 Å². The van der Waals surface area contributed by atoms with Crippen LogP contribution in [0.15, 0.2) is 54.6 Å². The number of carbonyl (C=O) groups excluding carboxylic acids is 2. The molecule has 2 aromatic rings. The molecule has 1 amide bonds. The van der Waals surface area contributed by atoms with E-state index >= 15 is 4.39 Å². The number of ketones is 1. The maximum absolute atomic E-state index is 16.0. The molecule has 0 fully saturated rings. The third-order valence-corrected chi connectivity index (χ3v) is 4.34. The van der Waals surface area contributed by atoms with Crippen molar-refractivity contribution in [2.45, 2.75) is 44.5 Å². The van der Waals surface area contributed by atoms with Gasteiger partial charge in [0.25, 0.3) is 0 Å². The minimum atomic E-state index is -2.26. The van der Waals surface area contributed by atoms with Crippen molar-refractivity contribution in [2.24, 2.45) is 0 Å². The average molecular weight is 355 g/mol. The van der Waals surface area contributed by atoms with Crippen molar-refractivity contribution in [3.8, 4) is 0 Å². The van der Waals surface area contributed by atoms with Crippen LogP contribution in [0, 0.1) is 0 Å². The standard InChI is InChI=1S/C21H22FNO3/c1-20(2,3)26-19(25)23-17(14-9-5-4-6-10-14)21(22)13-15-11-7-8-12-16(15)18(21)24/h4-12,17H,13H2,1-3H3,(H,23,25). The number of carbonyl (C=O) groups is 2. The van der Waals surface area contributed by atoms with E-state index in [9.17, 15) is 9.59 Å². The molecule has 2 aromatic carbocycles. The number of halogens is 1. The first-order valence-electron chi connectivity index (χ1n) is 8.57. The molecule has 0 saturated heterocycles. The summed E-state index contributed by atoms with van der Waals surface area (Å²) in [6, 6.07) is 14.4. The number of fused-ring (bicyclic) bond motifs is 1. The molecular weight excluding hydrogens is 333 g/mol. The highest BCUT2D eigenvalue weighted by atomic mass is 19.1. The summed E-state index contributed by atoms with van der Waals surface area (Å²) < 4.78 is 21.3. The molecule has 0 aromatic heterocycles. The summed E-state index contributed by atoms with van der Waals surface area (Å²) in [4.78, 5) is 25.1. The smallest absolute Gasteiger partial charge is 0.408 e. The number of alkyl halides is 1. The summed E-state index contributed by atoms with van der Waals surface area (Å²) >= 11 is 0. The van der Waals surface area contributed by atoms with Gasteiger partial charge in [-0.3, -0.25) is 4.79 Å². The molecule has 2 unspecified atom stereocenters. The molecular formula is C21H22FNO3. The van der Waals surface area contributed by atoms with Crippen LogP contribution in [0.25, 0.3) is 0 Å². The summed E-state index contributed by atoms with van der Waals surface area (Å²) in [5.41, 5.74) is -1.46. The first kappa shape index (κ1) is 18.1. The molecule has 4 nitrogen and oxygen atoms in total. The second kappa shape index (κ2) is 6.56. The van der Waals surface area contributed by atoms with Crippen molar-refractivity contribution in [3.63, 3.8) is 0 Å². The summed E-state index contributed by atoms with van der Waals surface area (Å²) in [6.45, 7) is 5.18. The quantitative estimate of drug-likeness (QED) is 0.888. The lowest BCUT2D eigenvalue weighted by Gasteiger charge is -2.31. The van der Waals surface area contributed by atoms with E-state index in [1.807, 2.05) is 0 Å². The van der Waals surface area contributed by atoms with Crippen LogP contribution in [0.5, 0.6) is 0 Å². The molecule has 1 aliphatic rings. The Morgan fingerprint density at radius 3 is 2.35 bits per heavy atom. The van der Waals surface area contributed by atoms with Crippen LogP contribution in [-0.4, -0.2) is 23.1 Å². The van der Waals surface area contributed by atoms with Gasteiger partial charge in [0, 0.05) is 12.0 Å². The van der Waals surface area contributed by atoms with Gasteiger partial charge in [-0.25, -0.2) is 9.18 Å². The van der Waals surface area contributed by atoms with E-state index in [4.69, 9.17) is 4.74 Å². The topological polar surface area (TPSA) is 55.4 Å². The summed E-state index contributed by atoms with van der Waals surface area (Å²) in [5.74, 6) is -0.613. The molecule has 0 aliphatic heterocycles. The largest absolute Gasteiger partial charge is 0.444 e. The molecule has 5 heteroatoms. The first-order chi connectivity index (χ1) is 12.2. The number of rotatable bonds is 3. The summed E-state index contributed by atoms with van der Waals surface area (Å²) in [5, 5.41) is 2.58. The Morgan fingerprint density at radius 2 is 1.73 bits per heavy atom. The van der Waals surface area contributed by atoms with Crippen LogP contribution in [0.2, 0.25) is 0 Å². The average Bonchev–Trinajstić information content (AvgIpc) is 2.84. The van der Waals surface area contributed by atoms with E-state index in [1.54, 1.807) is 75.4 Å². The van der Waals surface area contributed by atoms with Gasteiger partial charge in [0.1, 0.15) is 5.60 Å². The van der Waals surface area contributed by atoms with E-state index in [1.165, 1.54) is 0 Å². The van der Waals surface area contributed by atoms with Gasteiger partial charge in [0.05, 0.1) is 6.04 Å². The molecule has 0 bridgehead atoms. The van der Waals surface area contributed by atoms with Crippen LogP contribution in [-0.2, 0) is 11.2 Å². The Bertz CT molecular complexity index is 829. The van der Waals surface area contributed by atoms with Gasteiger partial charge in [-0.2, -0.15) is 0 Å². The predicted molar refractivity (Wildman–Crippen MR) is 96.9 cm³/mol. The maximum Gasteiger partial charge on any atom is 0.408 e. The van der Waals surface area contributed by atoms with Crippen LogP contribution in [0.3, 0.4) is 0 Å². The highest BCUT2D eigenvalue weighted by Gasteiger charge is 2.53. The van der Waals surface area contributed by atoms with E-state index in [-0.39, 0.29) is 6.42 Å². The number of Topliss-reactive ketones (excluding diaryl/α,β-unsaturated/α-hetero) is 1. The summed E-state index contributed by atoms with van der Waals surface area (Å²) in [7, 11) is 0. The molecule has 0 saturated carbocycles. The highest BCUT2D eigenvalue weighted by molar-refractivity contribution is 6.07. The molecule has 0 heterocycles. The monoisotopic (exact) mass is 355 g/mol. The van der Waals surface area contributed by atoms with Crippen molar-refractivity contribution in [2.75, 3.05) is 0 Å². The fourth-order valence-corrected chi connectivity index (χ4v) is 3.24. The molecule has 1 N–H and O–H groups in total. The minimum Gasteiger partial charge on any atom is -0.444 e. The van der Waals surface area contributed by atoms with Gasteiger partial charge < -0.3 is 10.1 Å². The molecule has 2 atom stereocenters. The fraction of sp³-hybridized carbons (Fsp3) is 0.333. The first-order valence-corrected chi connectivity index (χ1v) is 8.57. The predicted octanol–water partition coefficient (Wildman–Crippen LogP) is 4.40. The maximum atomic E-state index is 16.0. The Kier molecular flexibility index (Phi) is 4.57. The van der Waals surface area contributed by atoms with Gasteiger partial charge >= 0.3 is 6.09 Å².